The van der Waals surface area contributed by atoms with Crippen molar-refractivity contribution in [1.29, 1.82) is 0 Å². The van der Waals surface area contributed by atoms with Crippen LogP contribution < -0.4 is 72.4 Å². The fraction of sp³-hybridized carbons (Fsp3) is 0.200. The molecule has 2 aromatic carbocycles. The van der Waals surface area contributed by atoms with E-state index < -0.39 is 47.3 Å². The molecule has 0 aliphatic rings. The van der Waals surface area contributed by atoms with Gasteiger partial charge in [-0.05, 0) is 24.1 Å². The molecule has 0 unspecified atom stereocenters. The van der Waals surface area contributed by atoms with Crippen molar-refractivity contribution in [2.24, 2.45) is 0 Å². The van der Waals surface area contributed by atoms with Crippen LogP contribution in [-0.4, -0.2) is 46.0 Å². The van der Waals surface area contributed by atoms with E-state index in [2.05, 4.69) is 16.0 Å². The van der Waals surface area contributed by atoms with Crippen LogP contribution in [0.2, 0.25) is 0 Å². The first-order valence-corrected chi connectivity index (χ1v) is 9.24. The van der Waals surface area contributed by atoms with Gasteiger partial charge in [0, 0.05) is 17.8 Å². The van der Waals surface area contributed by atoms with E-state index in [-0.39, 0.29) is 69.2 Å². The van der Waals surface area contributed by atoms with E-state index in [9.17, 15) is 34.4 Å². The quantitative estimate of drug-likeness (QED) is 0.157. The van der Waals surface area contributed by atoms with Crippen LogP contribution in [0, 0.1) is 10.1 Å². The average Bonchev–Trinajstić information content (AvgIpc) is 2.73. The van der Waals surface area contributed by atoms with Crippen molar-refractivity contribution in [3.05, 3.63) is 70.3 Å². The van der Waals surface area contributed by atoms with Crippen LogP contribution in [-0.2, 0) is 20.8 Å². The Labute approximate surface area is 230 Å². The fourth-order valence-corrected chi connectivity index (χ4v) is 2.69. The second-order valence-electron chi connectivity index (χ2n) is 6.62. The molecule has 0 fully saturated rings. The zero-order valence-electron chi connectivity index (χ0n) is 17.5. The molecule has 0 spiro atoms. The van der Waals surface area contributed by atoms with Gasteiger partial charge in [0.15, 0.2) is 0 Å². The van der Waals surface area contributed by atoms with E-state index >= 15 is 0 Å². The molecule has 168 valence electrons. The summed E-state index contributed by atoms with van der Waals surface area (Å²) >= 11 is 0. The smallest absolute Gasteiger partial charge is 0.548 e. The van der Waals surface area contributed by atoms with Crippen molar-refractivity contribution in [2.75, 3.05) is 5.32 Å². The Balaban J connectivity index is 0.00000544. The summed E-state index contributed by atoms with van der Waals surface area (Å²) in [6.45, 7) is 0. The van der Waals surface area contributed by atoms with Gasteiger partial charge in [-0.15, -0.1) is 0 Å². The maximum Gasteiger partial charge on any atom is 1.00 e. The Kier molecular flexibility index (Phi) is 11.7. The van der Waals surface area contributed by atoms with Crippen molar-refractivity contribution >= 4 is 35.3 Å². The maximum atomic E-state index is 12.5. The van der Waals surface area contributed by atoms with Crippen molar-refractivity contribution < 1.29 is 85.7 Å². The number of amides is 3. The molecule has 0 aliphatic carbocycles. The number of hydrogen-bond donors (Lipinski definition) is 4. The molecule has 2 atom stereocenters. The van der Waals surface area contributed by atoms with E-state index in [0.29, 0.717) is 5.56 Å². The Hall–Kier alpha value is -2.84. The van der Waals surface area contributed by atoms with Gasteiger partial charge in [0.2, 0.25) is 5.91 Å². The Morgan fingerprint density at radius 1 is 0.939 bits per heavy atom. The molecule has 13 heteroatoms. The number of non-ortho nitro benzene ring substituents is 1. The summed E-state index contributed by atoms with van der Waals surface area (Å²) in [5.41, 5.74) is 0.547. The molecule has 3 amide bonds. The van der Waals surface area contributed by atoms with Crippen LogP contribution in [0.4, 0.5) is 16.2 Å². The third-order valence-electron chi connectivity index (χ3n) is 4.22. The predicted molar refractivity (Wildman–Crippen MR) is 108 cm³/mol. The van der Waals surface area contributed by atoms with E-state index in [1.54, 1.807) is 30.3 Å². The van der Waals surface area contributed by atoms with Crippen molar-refractivity contribution in [3.63, 3.8) is 0 Å². The molecule has 0 bridgehead atoms. The third kappa shape index (κ3) is 9.67. The predicted octanol–water partition coefficient (Wildman–Crippen LogP) is -2.96. The zero-order chi connectivity index (χ0) is 23.7. The molecule has 0 saturated heterocycles. The number of nitrogens with zero attached hydrogens (tertiary/aromatic N) is 1. The zero-order valence-corrected chi connectivity index (χ0v) is 20.6. The number of nitro groups is 1. The first kappa shape index (κ1) is 28.2. The van der Waals surface area contributed by atoms with Gasteiger partial charge in [0.25, 0.3) is 5.69 Å². The number of carboxylic acids is 2. The molecular weight excluding hydrogens is 463 g/mol. The summed E-state index contributed by atoms with van der Waals surface area (Å²) in [5.74, 6) is -4.02. The summed E-state index contributed by atoms with van der Waals surface area (Å²) in [7, 11) is 0. The molecule has 0 saturated carbocycles. The minimum Gasteiger partial charge on any atom is -0.548 e. The van der Waals surface area contributed by atoms with Crippen LogP contribution in [0.15, 0.2) is 54.6 Å². The van der Waals surface area contributed by atoms with Crippen LogP contribution in [0.3, 0.4) is 0 Å². The molecule has 2 rings (SSSR count). The normalized spacial score (nSPS) is 11.8. The Bertz CT molecular complexity index is 1000. The number of nitro benzene ring substituents is 1. The van der Waals surface area contributed by atoms with Crippen molar-refractivity contribution in [2.45, 2.75) is 24.9 Å². The topological polar surface area (TPSA) is 191 Å². The Morgan fingerprint density at radius 2 is 1.55 bits per heavy atom. The summed E-state index contributed by atoms with van der Waals surface area (Å²) in [6.07, 6.45) is -0.922. The number of benzene rings is 2. The summed E-state index contributed by atoms with van der Waals surface area (Å²) < 4.78 is 0. The van der Waals surface area contributed by atoms with E-state index in [1.807, 2.05) is 0 Å². The largest absolute Gasteiger partial charge is 1.00 e. The maximum absolute atomic E-state index is 12.5. The van der Waals surface area contributed by atoms with Gasteiger partial charge >= 0.3 is 63.4 Å². The molecule has 2 aromatic rings. The molecule has 12 nitrogen and oxygen atoms in total. The van der Waals surface area contributed by atoms with E-state index in [0.717, 1.165) is 12.1 Å². The van der Waals surface area contributed by atoms with Crippen LogP contribution in [0.1, 0.15) is 12.0 Å². The molecular formula is C20H19KN4O8. The number of aliphatic carboxylic acids is 2. The fourth-order valence-electron chi connectivity index (χ4n) is 2.69. The number of rotatable bonds is 10. The van der Waals surface area contributed by atoms with Crippen LogP contribution >= 0.6 is 0 Å². The molecule has 0 radical (unpaired) electrons. The average molecular weight is 482 g/mol. The van der Waals surface area contributed by atoms with E-state index in [4.69, 9.17) is 5.11 Å². The number of carbonyl (C=O) groups excluding carboxylic acids is 3. The van der Waals surface area contributed by atoms with Gasteiger partial charge in [-0.3, -0.25) is 19.7 Å². The van der Waals surface area contributed by atoms with Crippen LogP contribution in [0.5, 0.6) is 0 Å². The molecule has 0 aliphatic heterocycles. The van der Waals surface area contributed by atoms with Gasteiger partial charge in [-0.2, -0.15) is 0 Å². The van der Waals surface area contributed by atoms with Gasteiger partial charge in [-0.25, -0.2) is 4.79 Å². The first-order chi connectivity index (χ1) is 15.2. The number of nitrogens with one attached hydrogen (secondary N) is 3. The number of carbonyl (C=O) groups is 4. The van der Waals surface area contributed by atoms with Gasteiger partial charge in [0.1, 0.15) is 6.04 Å². The second kappa shape index (κ2) is 13.6. The Morgan fingerprint density at radius 3 is 2.06 bits per heavy atom. The van der Waals surface area contributed by atoms with Gasteiger partial charge in [0.05, 0.1) is 23.4 Å². The summed E-state index contributed by atoms with van der Waals surface area (Å²) in [6, 6.07) is 9.15. The SMILES string of the molecule is O=C(O)C[C@H](NC(=O)Nc1ccc([N+](=O)[O-])cc1)C(=O)N[C@@H](Cc1ccccc1)C(=O)[O-].[K+]. The monoisotopic (exact) mass is 482 g/mol. The summed E-state index contributed by atoms with van der Waals surface area (Å²) in [4.78, 5) is 57.3. The third-order valence-corrected chi connectivity index (χ3v) is 4.22. The second-order valence-corrected chi connectivity index (χ2v) is 6.62. The molecule has 0 heterocycles. The molecule has 4 N–H and O–H groups in total. The minimum absolute atomic E-state index is 0. The van der Waals surface area contributed by atoms with Crippen molar-refractivity contribution in [1.82, 2.24) is 10.6 Å². The number of anilines is 1. The van der Waals surface area contributed by atoms with Gasteiger partial charge in [-0.1, -0.05) is 30.3 Å². The number of carboxylic acid groups (broad SMARTS) is 2. The van der Waals surface area contributed by atoms with Gasteiger partial charge < -0.3 is 31.0 Å². The van der Waals surface area contributed by atoms with E-state index in [1.165, 1.54) is 12.1 Å². The van der Waals surface area contributed by atoms with Crippen molar-refractivity contribution in [3.8, 4) is 0 Å². The number of urea groups is 1. The standard InChI is InChI=1S/C20H20N4O8.K/c25-17(26)11-15(23-20(30)21-13-6-8-14(9-7-13)24(31)32)18(27)22-16(19(28)29)10-12-4-2-1-3-5-12;/h1-9,15-16H,10-11H2,(H,22,27)(H,25,26)(H,28,29)(H2,21,23,30);/q;+1/p-1/t15-,16-;/m0./s1. The molecule has 0 aromatic heterocycles. The number of hydrogen-bond acceptors (Lipinski definition) is 7. The molecule has 33 heavy (non-hydrogen) atoms. The minimum atomic E-state index is -1.59. The first-order valence-electron chi connectivity index (χ1n) is 9.24. The van der Waals surface area contributed by atoms with Crippen LogP contribution in [0.25, 0.3) is 0 Å². The summed E-state index contributed by atoms with van der Waals surface area (Å²) in [5, 5.41) is 37.8.